The van der Waals surface area contributed by atoms with E-state index in [2.05, 4.69) is 20.0 Å². The normalized spacial score (nSPS) is 14.7. The van der Waals surface area contributed by atoms with E-state index in [1.807, 2.05) is 0 Å². The average molecular weight is 479 g/mol. The first-order valence-corrected chi connectivity index (χ1v) is 11.4. The number of aromatic amines is 1. The molecular formula is C28H20F2N6. The Morgan fingerprint density at radius 1 is 0.917 bits per heavy atom. The summed E-state index contributed by atoms with van der Waals surface area (Å²) in [5.74, 6) is -0.250. The zero-order chi connectivity index (χ0) is 24.6. The van der Waals surface area contributed by atoms with Crippen LogP contribution >= 0.6 is 0 Å². The van der Waals surface area contributed by atoms with Crippen LogP contribution in [0.15, 0.2) is 88.8 Å². The lowest BCUT2D eigenvalue weighted by Crippen LogP contribution is -2.10. The predicted molar refractivity (Wildman–Crippen MR) is 136 cm³/mol. The highest BCUT2D eigenvalue weighted by atomic mass is 19.1. The number of allylic oxidation sites excluding steroid dienone is 3. The molecule has 6 nitrogen and oxygen atoms in total. The molecule has 36 heavy (non-hydrogen) atoms. The summed E-state index contributed by atoms with van der Waals surface area (Å²) in [7, 11) is 0. The number of aromatic nitrogens is 3. The number of nitrogens with one attached hydrogen (secondary N) is 1. The quantitative estimate of drug-likeness (QED) is 0.436. The lowest BCUT2D eigenvalue weighted by atomic mass is 9.96. The Labute approximate surface area is 205 Å². The summed E-state index contributed by atoms with van der Waals surface area (Å²) in [4.78, 5) is 21.2. The van der Waals surface area contributed by atoms with E-state index in [-0.39, 0.29) is 18.2 Å². The number of halogens is 2. The summed E-state index contributed by atoms with van der Waals surface area (Å²) >= 11 is 0. The molecule has 2 aromatic carbocycles. The minimum absolute atomic E-state index is 0.281. The van der Waals surface area contributed by atoms with E-state index < -0.39 is 0 Å². The first kappa shape index (κ1) is 21.8. The van der Waals surface area contributed by atoms with Crippen LogP contribution in [0.5, 0.6) is 0 Å². The smallest absolute Gasteiger partial charge is 0.157 e. The van der Waals surface area contributed by atoms with E-state index in [0.29, 0.717) is 62.7 Å². The van der Waals surface area contributed by atoms with Gasteiger partial charge in [-0.25, -0.2) is 18.8 Å². The third-order valence-electron chi connectivity index (χ3n) is 6.22. The molecule has 1 aliphatic carbocycles. The van der Waals surface area contributed by atoms with Crippen LogP contribution in [0, 0.1) is 11.6 Å². The Bertz CT molecular complexity index is 1610. The minimum Gasteiger partial charge on any atom is -0.402 e. The van der Waals surface area contributed by atoms with Crippen molar-refractivity contribution in [3.63, 3.8) is 0 Å². The van der Waals surface area contributed by atoms with Crippen LogP contribution in [0.2, 0.25) is 0 Å². The zero-order valence-electron chi connectivity index (χ0n) is 19.0. The first-order chi connectivity index (χ1) is 17.6. The summed E-state index contributed by atoms with van der Waals surface area (Å²) in [6.07, 6.45) is 8.67. The SMILES string of the molecule is NC1=CC=C(c2ccccc2F)c2nc(C3=NC=NCc4cc(F)c(-c5cccnc5)cc43)[nH]c2C1. The fraction of sp³-hybridized carbons (Fsp3) is 0.0714. The number of imidazole rings is 1. The number of hydrogen-bond acceptors (Lipinski definition) is 5. The number of H-pyrrole nitrogens is 1. The van der Waals surface area contributed by atoms with Crippen LogP contribution in [0.4, 0.5) is 8.78 Å². The van der Waals surface area contributed by atoms with E-state index in [1.165, 1.54) is 18.5 Å². The molecule has 0 atom stereocenters. The van der Waals surface area contributed by atoms with Crippen molar-refractivity contribution in [3.8, 4) is 11.1 Å². The second kappa shape index (κ2) is 8.81. The molecule has 2 aliphatic rings. The third-order valence-corrected chi connectivity index (χ3v) is 6.22. The maximum absolute atomic E-state index is 15.1. The van der Waals surface area contributed by atoms with Gasteiger partial charge in [0.1, 0.15) is 23.7 Å². The lowest BCUT2D eigenvalue weighted by molar-refractivity contribution is 0.624. The molecule has 3 heterocycles. The number of fused-ring (bicyclic) bond motifs is 2. The van der Waals surface area contributed by atoms with Crippen molar-refractivity contribution >= 4 is 17.6 Å². The van der Waals surface area contributed by atoms with Crippen molar-refractivity contribution < 1.29 is 8.78 Å². The second-order valence-corrected chi connectivity index (χ2v) is 8.56. The summed E-state index contributed by atoms with van der Waals surface area (Å²) < 4.78 is 29.8. The molecule has 0 unspecified atom stereocenters. The zero-order valence-corrected chi connectivity index (χ0v) is 19.0. The van der Waals surface area contributed by atoms with E-state index in [1.54, 1.807) is 60.9 Å². The fourth-order valence-corrected chi connectivity index (χ4v) is 4.51. The molecule has 0 radical (unpaired) electrons. The molecule has 0 fully saturated rings. The van der Waals surface area contributed by atoms with E-state index >= 15 is 4.39 Å². The van der Waals surface area contributed by atoms with Crippen LogP contribution in [0.3, 0.4) is 0 Å². The van der Waals surface area contributed by atoms with Crippen LogP contribution in [0.25, 0.3) is 16.7 Å². The highest BCUT2D eigenvalue weighted by molar-refractivity contribution is 6.15. The molecule has 0 saturated carbocycles. The van der Waals surface area contributed by atoms with Crippen molar-refractivity contribution in [1.82, 2.24) is 15.0 Å². The Hall–Kier alpha value is -4.72. The van der Waals surface area contributed by atoms with Crippen LogP contribution in [0.1, 0.15) is 33.9 Å². The predicted octanol–water partition coefficient (Wildman–Crippen LogP) is 4.96. The van der Waals surface area contributed by atoms with Gasteiger partial charge in [0.15, 0.2) is 5.82 Å². The molecule has 6 rings (SSSR count). The monoisotopic (exact) mass is 478 g/mol. The Morgan fingerprint density at radius 2 is 1.81 bits per heavy atom. The summed E-state index contributed by atoms with van der Waals surface area (Å²) in [6, 6.07) is 13.3. The minimum atomic E-state index is -0.365. The second-order valence-electron chi connectivity index (χ2n) is 8.56. The van der Waals surface area contributed by atoms with Crippen LogP contribution in [-0.4, -0.2) is 27.0 Å². The fourth-order valence-electron chi connectivity index (χ4n) is 4.51. The largest absolute Gasteiger partial charge is 0.402 e. The molecule has 0 saturated heterocycles. The highest BCUT2D eigenvalue weighted by Gasteiger charge is 2.25. The standard InChI is InChI=1S/C28H20F2N6/c29-23-6-2-1-5-19(23)20-8-7-18(31)11-25-26(20)36-28(35-25)27-22-12-21(16-4-3-9-32-13-16)24(30)10-17(22)14-33-15-34-27/h1-10,12-13,15H,11,14,31H2,(H,35,36). The molecule has 2 aromatic heterocycles. The molecule has 0 amide bonds. The molecule has 1 aliphatic heterocycles. The highest BCUT2D eigenvalue weighted by Crippen LogP contribution is 2.32. The van der Waals surface area contributed by atoms with E-state index in [4.69, 9.17) is 10.7 Å². The number of rotatable bonds is 3. The Balaban J connectivity index is 1.51. The summed E-state index contributed by atoms with van der Waals surface area (Å²) in [6.45, 7) is 0.281. The summed E-state index contributed by atoms with van der Waals surface area (Å²) in [5.41, 5.74) is 12.1. The molecule has 8 heteroatoms. The van der Waals surface area contributed by atoms with Gasteiger partial charge in [-0.05, 0) is 35.9 Å². The molecule has 176 valence electrons. The van der Waals surface area contributed by atoms with Gasteiger partial charge in [-0.2, -0.15) is 0 Å². The molecule has 3 N–H and O–H groups in total. The summed E-state index contributed by atoms with van der Waals surface area (Å²) in [5, 5.41) is 0. The van der Waals surface area contributed by atoms with Gasteiger partial charge in [0.05, 0.1) is 12.2 Å². The number of nitrogens with two attached hydrogens (primary N) is 1. The van der Waals surface area contributed by atoms with E-state index in [0.717, 1.165) is 5.69 Å². The number of hydrogen-bond donors (Lipinski definition) is 2. The van der Waals surface area contributed by atoms with Gasteiger partial charge in [0.25, 0.3) is 0 Å². The van der Waals surface area contributed by atoms with Crippen molar-refractivity contribution in [2.24, 2.45) is 15.7 Å². The van der Waals surface area contributed by atoms with Crippen molar-refractivity contribution in [3.05, 3.63) is 124 Å². The lowest BCUT2D eigenvalue weighted by Gasteiger charge is -2.12. The van der Waals surface area contributed by atoms with Gasteiger partial charge in [-0.15, -0.1) is 0 Å². The third kappa shape index (κ3) is 3.82. The van der Waals surface area contributed by atoms with Gasteiger partial charge in [0, 0.05) is 58.0 Å². The van der Waals surface area contributed by atoms with Gasteiger partial charge in [0.2, 0.25) is 0 Å². The topological polar surface area (TPSA) is 92.3 Å². The number of aliphatic imine (C=N–C) groups is 2. The van der Waals surface area contributed by atoms with E-state index in [9.17, 15) is 4.39 Å². The molecule has 4 aromatic rings. The number of nitrogens with zero attached hydrogens (tertiary/aromatic N) is 4. The maximum Gasteiger partial charge on any atom is 0.157 e. The maximum atomic E-state index is 15.1. The van der Waals surface area contributed by atoms with Crippen molar-refractivity contribution in [1.29, 1.82) is 0 Å². The number of benzene rings is 2. The van der Waals surface area contributed by atoms with Crippen molar-refractivity contribution in [2.75, 3.05) is 0 Å². The van der Waals surface area contributed by atoms with Gasteiger partial charge in [-0.3, -0.25) is 9.98 Å². The Kier molecular flexibility index (Phi) is 5.33. The van der Waals surface area contributed by atoms with Crippen molar-refractivity contribution in [2.45, 2.75) is 13.0 Å². The van der Waals surface area contributed by atoms with Gasteiger partial charge < -0.3 is 10.7 Å². The molecular weight excluding hydrogens is 458 g/mol. The molecule has 0 spiro atoms. The van der Waals surface area contributed by atoms with Gasteiger partial charge in [-0.1, -0.05) is 30.3 Å². The average Bonchev–Trinajstić information content (AvgIpc) is 3.08. The first-order valence-electron chi connectivity index (χ1n) is 11.4. The van der Waals surface area contributed by atoms with Crippen LogP contribution < -0.4 is 5.73 Å². The number of pyridine rings is 1. The molecule has 0 bridgehead atoms. The Morgan fingerprint density at radius 3 is 2.64 bits per heavy atom. The van der Waals surface area contributed by atoms with Crippen LogP contribution in [-0.2, 0) is 13.0 Å². The van der Waals surface area contributed by atoms with Gasteiger partial charge >= 0.3 is 0 Å².